The van der Waals surface area contributed by atoms with Crippen molar-refractivity contribution in [2.75, 3.05) is 30.3 Å². The van der Waals surface area contributed by atoms with E-state index in [9.17, 15) is 13.2 Å². The fraction of sp³-hybridized carbons (Fsp3) is 0.389. The van der Waals surface area contributed by atoms with Crippen LogP contribution in [0.25, 0.3) is 22.1 Å². The van der Waals surface area contributed by atoms with Gasteiger partial charge in [-0.2, -0.15) is 18.2 Å². The molecular formula is C18H17ClF3N5O3. The number of carboxylic acid groups (broad SMARTS) is 1. The van der Waals surface area contributed by atoms with Crippen LogP contribution in [0.5, 0.6) is 0 Å². The summed E-state index contributed by atoms with van der Waals surface area (Å²) in [5, 5.41) is 12.1. The highest BCUT2D eigenvalue weighted by Crippen LogP contribution is 2.38. The molecule has 0 bridgehead atoms. The van der Waals surface area contributed by atoms with E-state index in [1.54, 1.807) is 0 Å². The molecular weight excluding hydrogens is 427 g/mol. The lowest BCUT2D eigenvalue weighted by Gasteiger charge is -2.24. The van der Waals surface area contributed by atoms with E-state index in [4.69, 9.17) is 31.7 Å². The van der Waals surface area contributed by atoms with Gasteiger partial charge in [-0.3, -0.25) is 0 Å². The number of carbonyl (C=O) groups is 1. The first-order valence-electron chi connectivity index (χ1n) is 9.08. The zero-order valence-electron chi connectivity index (χ0n) is 15.4. The Morgan fingerprint density at radius 1 is 1.33 bits per heavy atom. The number of nitrogens with one attached hydrogen (secondary N) is 1. The van der Waals surface area contributed by atoms with Crippen molar-refractivity contribution in [1.29, 1.82) is 0 Å². The number of fused-ring (bicyclic) bond motifs is 4. The summed E-state index contributed by atoms with van der Waals surface area (Å²) < 4.78 is 37.8. The largest absolute Gasteiger partial charge is 0.490 e. The minimum absolute atomic E-state index is 0.268. The number of nitrogens with zero attached hydrogens (tertiary/aromatic N) is 3. The van der Waals surface area contributed by atoms with Gasteiger partial charge in [-0.25, -0.2) is 9.78 Å². The summed E-state index contributed by atoms with van der Waals surface area (Å²) in [6.45, 7) is 3.02. The highest BCUT2D eigenvalue weighted by atomic mass is 35.5. The molecule has 0 amide bonds. The van der Waals surface area contributed by atoms with E-state index in [0.717, 1.165) is 48.4 Å². The zero-order valence-corrected chi connectivity index (χ0v) is 16.2. The fourth-order valence-corrected chi connectivity index (χ4v) is 4.10. The Kier molecular flexibility index (Phi) is 5.10. The molecule has 3 aromatic rings. The van der Waals surface area contributed by atoms with Gasteiger partial charge in [0, 0.05) is 36.1 Å². The molecule has 4 heterocycles. The van der Waals surface area contributed by atoms with Crippen LogP contribution in [0.4, 0.5) is 24.9 Å². The van der Waals surface area contributed by atoms with E-state index in [-0.39, 0.29) is 5.95 Å². The summed E-state index contributed by atoms with van der Waals surface area (Å²) in [6.07, 6.45) is -3.92. The third-order valence-corrected chi connectivity index (χ3v) is 5.47. The minimum Gasteiger partial charge on any atom is -0.475 e. The van der Waals surface area contributed by atoms with E-state index in [1.807, 2.05) is 18.2 Å². The lowest BCUT2D eigenvalue weighted by Crippen LogP contribution is -2.35. The molecule has 0 aliphatic carbocycles. The van der Waals surface area contributed by atoms with Gasteiger partial charge >= 0.3 is 12.1 Å². The molecule has 4 N–H and O–H groups in total. The lowest BCUT2D eigenvalue weighted by molar-refractivity contribution is -0.192. The molecule has 0 spiro atoms. The number of hydrogen-bond acceptors (Lipinski definition) is 7. The number of halogens is 4. The lowest BCUT2D eigenvalue weighted by atomic mass is 10.1. The predicted octanol–water partition coefficient (Wildman–Crippen LogP) is 3.04. The van der Waals surface area contributed by atoms with Crippen LogP contribution in [-0.2, 0) is 4.79 Å². The number of hydrogen-bond donors (Lipinski definition) is 3. The molecule has 1 aromatic carbocycles. The van der Waals surface area contributed by atoms with Gasteiger partial charge in [0.05, 0.1) is 0 Å². The number of aromatic nitrogens is 2. The Morgan fingerprint density at radius 2 is 2.07 bits per heavy atom. The highest BCUT2D eigenvalue weighted by Gasteiger charge is 2.40. The molecule has 5 rings (SSSR count). The maximum absolute atomic E-state index is 10.6. The summed E-state index contributed by atoms with van der Waals surface area (Å²) in [4.78, 5) is 20.1. The summed E-state index contributed by atoms with van der Waals surface area (Å²) in [5.41, 5.74) is 8.17. The summed E-state index contributed by atoms with van der Waals surface area (Å²) in [7, 11) is 0. The molecule has 2 fully saturated rings. The molecule has 2 atom stereocenters. The summed E-state index contributed by atoms with van der Waals surface area (Å²) in [5.74, 6) is -1.02. The van der Waals surface area contributed by atoms with Crippen molar-refractivity contribution >= 4 is 51.4 Å². The fourth-order valence-electron chi connectivity index (χ4n) is 3.93. The number of nitrogen functional groups attached to an aromatic ring is 1. The van der Waals surface area contributed by atoms with Gasteiger partial charge in [-0.15, -0.1) is 0 Å². The first kappa shape index (κ1) is 20.5. The van der Waals surface area contributed by atoms with Crippen molar-refractivity contribution in [3.63, 3.8) is 0 Å². The maximum atomic E-state index is 10.6. The number of benzene rings is 1. The van der Waals surface area contributed by atoms with E-state index >= 15 is 0 Å². The van der Waals surface area contributed by atoms with E-state index < -0.39 is 12.1 Å². The van der Waals surface area contributed by atoms with E-state index in [0.29, 0.717) is 22.6 Å². The van der Waals surface area contributed by atoms with Crippen molar-refractivity contribution in [3.05, 3.63) is 23.2 Å². The van der Waals surface area contributed by atoms with E-state index in [2.05, 4.69) is 20.2 Å². The van der Waals surface area contributed by atoms with Gasteiger partial charge in [0.15, 0.2) is 11.4 Å². The van der Waals surface area contributed by atoms with E-state index in [1.165, 1.54) is 0 Å². The smallest absolute Gasteiger partial charge is 0.475 e. The molecule has 2 aromatic heterocycles. The maximum Gasteiger partial charge on any atom is 0.490 e. The Hall–Kier alpha value is -2.79. The van der Waals surface area contributed by atoms with Gasteiger partial charge in [0.2, 0.25) is 5.95 Å². The Labute approximate surface area is 172 Å². The third kappa shape index (κ3) is 3.70. The monoisotopic (exact) mass is 443 g/mol. The van der Waals surface area contributed by atoms with Gasteiger partial charge in [-0.05, 0) is 30.5 Å². The van der Waals surface area contributed by atoms with Gasteiger partial charge < -0.3 is 25.5 Å². The molecule has 0 saturated carbocycles. The molecule has 2 aliphatic rings. The second-order valence-electron chi connectivity index (χ2n) is 7.10. The first-order valence-corrected chi connectivity index (χ1v) is 9.45. The molecule has 2 aliphatic heterocycles. The topological polar surface area (TPSA) is 118 Å². The van der Waals surface area contributed by atoms with Crippen LogP contribution < -0.4 is 16.0 Å². The van der Waals surface area contributed by atoms with Crippen LogP contribution >= 0.6 is 11.6 Å². The number of carboxylic acids is 1. The highest BCUT2D eigenvalue weighted by molar-refractivity contribution is 6.31. The Morgan fingerprint density at radius 3 is 2.77 bits per heavy atom. The van der Waals surface area contributed by atoms with Crippen molar-refractivity contribution in [2.45, 2.75) is 18.6 Å². The molecule has 0 radical (unpaired) electrons. The Bertz CT molecular complexity index is 1120. The predicted molar refractivity (Wildman–Crippen MR) is 105 cm³/mol. The van der Waals surface area contributed by atoms with Crippen LogP contribution in [0, 0.1) is 5.92 Å². The molecule has 12 heteroatoms. The van der Waals surface area contributed by atoms with Gasteiger partial charge in [-0.1, -0.05) is 11.6 Å². The van der Waals surface area contributed by atoms with Crippen molar-refractivity contribution < 1.29 is 27.5 Å². The number of furan rings is 1. The molecule has 0 unspecified atom stereocenters. The number of aliphatic carboxylic acids is 1. The first-order chi connectivity index (χ1) is 14.1. The minimum atomic E-state index is -5.08. The normalized spacial score (nSPS) is 21.0. The standard InChI is InChI=1S/C16H16ClN5O.C2HF3O2/c17-9-1-2-12-10(5-9)13-14(23-12)15(21-16(18)20-13)22-4-3-8-6-19-7-11(8)22;3-2(4,5)1(6)7/h1-2,5,8,11,19H,3-4,6-7H2,(H2,18,20,21);(H,6,7)/t8-,11+;/m1./s1. The second kappa shape index (κ2) is 7.47. The molecule has 8 nitrogen and oxygen atoms in total. The van der Waals surface area contributed by atoms with Crippen molar-refractivity contribution in [2.24, 2.45) is 5.92 Å². The quantitative estimate of drug-likeness (QED) is 0.525. The second-order valence-corrected chi connectivity index (χ2v) is 7.53. The molecule has 160 valence electrons. The molecule has 30 heavy (non-hydrogen) atoms. The van der Waals surface area contributed by atoms with Crippen LogP contribution in [0.15, 0.2) is 22.6 Å². The van der Waals surface area contributed by atoms with Crippen molar-refractivity contribution in [3.8, 4) is 0 Å². The van der Waals surface area contributed by atoms with Crippen LogP contribution in [0.3, 0.4) is 0 Å². The summed E-state index contributed by atoms with van der Waals surface area (Å²) in [6, 6.07) is 5.99. The number of alkyl halides is 3. The van der Waals surface area contributed by atoms with Crippen molar-refractivity contribution in [1.82, 2.24) is 15.3 Å². The Balaban J connectivity index is 0.000000272. The average molecular weight is 444 g/mol. The van der Waals surface area contributed by atoms with Gasteiger partial charge in [0.1, 0.15) is 11.1 Å². The number of nitrogens with two attached hydrogens (primary N) is 1. The zero-order chi connectivity index (χ0) is 21.6. The number of rotatable bonds is 1. The SMILES string of the molecule is Nc1nc(N2CC[C@@H]3CNC[C@@H]32)c2oc3ccc(Cl)cc3c2n1.O=C(O)C(F)(F)F. The van der Waals surface area contributed by atoms with Crippen LogP contribution in [-0.4, -0.2) is 52.9 Å². The number of anilines is 2. The average Bonchev–Trinajstić information content (AvgIpc) is 3.35. The third-order valence-electron chi connectivity index (χ3n) is 5.23. The molecule has 2 saturated heterocycles. The van der Waals surface area contributed by atoms with Crippen LogP contribution in [0.2, 0.25) is 5.02 Å². The summed E-state index contributed by atoms with van der Waals surface area (Å²) >= 11 is 6.12. The van der Waals surface area contributed by atoms with Crippen LogP contribution in [0.1, 0.15) is 6.42 Å². The van der Waals surface area contributed by atoms with Gasteiger partial charge in [0.25, 0.3) is 0 Å².